The number of anilines is 1. The molecule has 21 heavy (non-hydrogen) atoms. The summed E-state index contributed by atoms with van der Waals surface area (Å²) in [7, 11) is 1.39. The van der Waals surface area contributed by atoms with Gasteiger partial charge in [-0.1, -0.05) is 29.8 Å². The number of hydrogen-bond donors (Lipinski definition) is 2. The van der Waals surface area contributed by atoms with Crippen LogP contribution < -0.4 is 15.4 Å². The summed E-state index contributed by atoms with van der Waals surface area (Å²) in [5.74, 6) is -0.380. The minimum Gasteiger partial charge on any atom is -0.494 e. The molecule has 0 saturated carbocycles. The van der Waals surface area contributed by atoms with Crippen molar-refractivity contribution in [1.82, 2.24) is 5.32 Å². The summed E-state index contributed by atoms with van der Waals surface area (Å²) in [6.07, 6.45) is 0. The molecular weight excluding hydrogens is 271 g/mol. The van der Waals surface area contributed by atoms with Crippen molar-refractivity contribution in [3.63, 3.8) is 0 Å². The Bertz CT molecular complexity index is 644. The summed E-state index contributed by atoms with van der Waals surface area (Å²) >= 11 is 0. The van der Waals surface area contributed by atoms with Crippen LogP contribution in [-0.2, 0) is 6.54 Å². The van der Waals surface area contributed by atoms with Gasteiger partial charge < -0.3 is 15.4 Å². The predicted octanol–water partition coefficient (Wildman–Crippen LogP) is 3.46. The molecule has 0 unspecified atom stereocenters. The van der Waals surface area contributed by atoms with Gasteiger partial charge in [0.1, 0.15) is 0 Å². The van der Waals surface area contributed by atoms with Crippen LogP contribution in [0.5, 0.6) is 5.75 Å². The lowest BCUT2D eigenvalue weighted by Gasteiger charge is -2.09. The molecule has 0 aromatic heterocycles. The molecule has 0 heterocycles. The SMILES string of the molecule is COc1ccc(NC(=O)NCc2cccc(C)c2)cc1F. The highest BCUT2D eigenvalue weighted by atomic mass is 19.1. The van der Waals surface area contributed by atoms with Gasteiger partial charge in [-0.3, -0.25) is 0 Å². The highest BCUT2D eigenvalue weighted by Gasteiger charge is 2.06. The van der Waals surface area contributed by atoms with Crippen molar-refractivity contribution in [3.05, 3.63) is 59.4 Å². The lowest BCUT2D eigenvalue weighted by atomic mass is 10.1. The fourth-order valence-electron chi connectivity index (χ4n) is 1.92. The molecule has 0 bridgehead atoms. The first-order valence-electron chi connectivity index (χ1n) is 6.52. The molecular formula is C16H17FN2O2. The largest absolute Gasteiger partial charge is 0.494 e. The maximum atomic E-state index is 13.5. The second-order valence-corrected chi connectivity index (χ2v) is 4.65. The number of benzene rings is 2. The average Bonchev–Trinajstić information content (AvgIpc) is 2.45. The summed E-state index contributed by atoms with van der Waals surface area (Å²) in [6, 6.07) is 11.7. The number of hydrogen-bond acceptors (Lipinski definition) is 2. The molecule has 2 amide bonds. The molecule has 0 radical (unpaired) electrons. The molecule has 0 aliphatic carbocycles. The molecule has 5 heteroatoms. The molecule has 2 aromatic rings. The van der Waals surface area contributed by atoms with Crippen molar-refractivity contribution in [2.75, 3.05) is 12.4 Å². The van der Waals surface area contributed by atoms with Crippen molar-refractivity contribution < 1.29 is 13.9 Å². The first-order valence-corrected chi connectivity index (χ1v) is 6.52. The van der Waals surface area contributed by atoms with Crippen molar-refractivity contribution in [1.29, 1.82) is 0 Å². The van der Waals surface area contributed by atoms with Crippen LogP contribution in [0.2, 0.25) is 0 Å². The van der Waals surface area contributed by atoms with Crippen molar-refractivity contribution in [2.45, 2.75) is 13.5 Å². The average molecular weight is 288 g/mol. The fourth-order valence-corrected chi connectivity index (χ4v) is 1.92. The van der Waals surface area contributed by atoms with Crippen molar-refractivity contribution >= 4 is 11.7 Å². The summed E-state index contributed by atoms with van der Waals surface area (Å²) in [6.45, 7) is 2.40. The minimum absolute atomic E-state index is 0.140. The van der Waals surface area contributed by atoms with Gasteiger partial charge in [0.05, 0.1) is 7.11 Å². The zero-order valence-corrected chi connectivity index (χ0v) is 11.9. The standard InChI is InChI=1S/C16H17FN2O2/c1-11-4-3-5-12(8-11)10-18-16(20)19-13-6-7-15(21-2)14(17)9-13/h3-9H,10H2,1-2H3,(H2,18,19,20). The molecule has 0 spiro atoms. The van der Waals surface area contributed by atoms with Crippen molar-refractivity contribution in [3.8, 4) is 5.75 Å². The van der Waals surface area contributed by atoms with Crippen LogP contribution in [0.25, 0.3) is 0 Å². The van der Waals surface area contributed by atoms with Gasteiger partial charge in [-0.2, -0.15) is 0 Å². The van der Waals surface area contributed by atoms with E-state index in [0.29, 0.717) is 12.2 Å². The van der Waals surface area contributed by atoms with Gasteiger partial charge in [-0.15, -0.1) is 0 Å². The van der Waals surface area contributed by atoms with Gasteiger partial charge >= 0.3 is 6.03 Å². The number of carbonyl (C=O) groups is 1. The third kappa shape index (κ3) is 4.21. The molecule has 0 aliphatic rings. The van der Waals surface area contributed by atoms with Crippen LogP contribution in [0.4, 0.5) is 14.9 Å². The van der Waals surface area contributed by atoms with Crippen LogP contribution in [0.15, 0.2) is 42.5 Å². The highest BCUT2D eigenvalue weighted by molar-refractivity contribution is 5.89. The Hall–Kier alpha value is -2.56. The van der Waals surface area contributed by atoms with E-state index in [2.05, 4.69) is 10.6 Å². The Morgan fingerprint density at radius 3 is 2.71 bits per heavy atom. The van der Waals surface area contributed by atoms with Crippen LogP contribution in [0, 0.1) is 12.7 Å². The Morgan fingerprint density at radius 2 is 2.05 bits per heavy atom. The fraction of sp³-hybridized carbons (Fsp3) is 0.188. The number of amides is 2. The zero-order chi connectivity index (χ0) is 15.2. The van der Waals surface area contributed by atoms with Gasteiger partial charge in [0.15, 0.2) is 11.6 Å². The van der Waals surface area contributed by atoms with Crippen LogP contribution in [0.3, 0.4) is 0 Å². The summed E-state index contributed by atoms with van der Waals surface area (Å²) in [5.41, 5.74) is 2.51. The monoisotopic (exact) mass is 288 g/mol. The number of rotatable bonds is 4. The molecule has 2 rings (SSSR count). The summed E-state index contributed by atoms with van der Waals surface area (Å²) < 4.78 is 18.3. The van der Waals surface area contributed by atoms with Crippen molar-refractivity contribution in [2.24, 2.45) is 0 Å². The number of urea groups is 1. The quantitative estimate of drug-likeness (QED) is 0.905. The highest BCUT2D eigenvalue weighted by Crippen LogP contribution is 2.20. The second-order valence-electron chi connectivity index (χ2n) is 4.65. The Morgan fingerprint density at radius 1 is 1.24 bits per heavy atom. The maximum Gasteiger partial charge on any atom is 0.319 e. The van der Waals surface area contributed by atoms with Crippen LogP contribution >= 0.6 is 0 Å². The lowest BCUT2D eigenvalue weighted by Crippen LogP contribution is -2.28. The summed E-state index contributed by atoms with van der Waals surface area (Å²) in [4.78, 5) is 11.8. The zero-order valence-electron chi connectivity index (χ0n) is 11.9. The van der Waals surface area contributed by atoms with Crippen LogP contribution in [-0.4, -0.2) is 13.1 Å². The van der Waals surface area contributed by atoms with E-state index in [4.69, 9.17) is 4.74 Å². The van der Waals surface area contributed by atoms with E-state index in [1.54, 1.807) is 6.07 Å². The van der Waals surface area contributed by atoms with Gasteiger partial charge in [0.2, 0.25) is 0 Å². The van der Waals surface area contributed by atoms with Gasteiger partial charge in [0, 0.05) is 18.3 Å². The Labute approximate surface area is 122 Å². The lowest BCUT2D eigenvalue weighted by molar-refractivity contribution is 0.251. The van der Waals surface area contributed by atoms with E-state index < -0.39 is 5.82 Å². The number of methoxy groups -OCH3 is 1. The van der Waals surface area contributed by atoms with Crippen LogP contribution in [0.1, 0.15) is 11.1 Å². The number of nitrogens with one attached hydrogen (secondary N) is 2. The topological polar surface area (TPSA) is 50.4 Å². The van der Waals surface area contributed by atoms with Gasteiger partial charge in [0.25, 0.3) is 0 Å². The van der Waals surface area contributed by atoms with E-state index in [1.165, 1.54) is 19.2 Å². The first kappa shape index (κ1) is 14.8. The third-order valence-electron chi connectivity index (χ3n) is 2.95. The number of halogens is 1. The minimum atomic E-state index is -0.519. The number of aryl methyl sites for hydroxylation is 1. The Kier molecular flexibility index (Phi) is 4.77. The normalized spacial score (nSPS) is 10.0. The van der Waals surface area contributed by atoms with E-state index >= 15 is 0 Å². The number of carbonyl (C=O) groups excluding carboxylic acids is 1. The van der Waals surface area contributed by atoms with E-state index in [0.717, 1.165) is 11.1 Å². The smallest absolute Gasteiger partial charge is 0.319 e. The predicted molar refractivity (Wildman–Crippen MR) is 80.0 cm³/mol. The number of ether oxygens (including phenoxy) is 1. The molecule has 0 atom stereocenters. The second kappa shape index (κ2) is 6.74. The van der Waals surface area contributed by atoms with E-state index in [-0.39, 0.29) is 11.8 Å². The van der Waals surface area contributed by atoms with E-state index in [9.17, 15) is 9.18 Å². The third-order valence-corrected chi connectivity index (χ3v) is 2.95. The maximum absolute atomic E-state index is 13.5. The first-order chi connectivity index (χ1) is 10.1. The molecule has 0 saturated heterocycles. The van der Waals surface area contributed by atoms with E-state index in [1.807, 2.05) is 31.2 Å². The summed E-state index contributed by atoms with van der Waals surface area (Å²) in [5, 5.41) is 5.29. The molecule has 0 fully saturated rings. The molecule has 110 valence electrons. The van der Waals surface area contributed by atoms with Gasteiger partial charge in [-0.25, -0.2) is 9.18 Å². The van der Waals surface area contributed by atoms with Gasteiger partial charge in [-0.05, 0) is 24.6 Å². The molecule has 2 N–H and O–H groups in total. The Balaban J connectivity index is 1.91. The molecule has 0 aliphatic heterocycles. The molecule has 4 nitrogen and oxygen atoms in total. The molecule has 2 aromatic carbocycles.